The Bertz CT molecular complexity index is 955. The number of carbonyl (C=O) groups excluding carboxylic acids is 1. The number of rotatable bonds is 10. The highest BCUT2D eigenvalue weighted by atomic mass is 16.5. The Kier molecular flexibility index (Phi) is 8.43. The van der Waals surface area contributed by atoms with Gasteiger partial charge in [0.25, 0.3) is 0 Å². The van der Waals surface area contributed by atoms with Crippen molar-refractivity contribution in [2.75, 3.05) is 6.54 Å². The van der Waals surface area contributed by atoms with E-state index in [9.17, 15) is 9.90 Å². The Morgan fingerprint density at radius 2 is 1.82 bits per heavy atom. The summed E-state index contributed by atoms with van der Waals surface area (Å²) in [6, 6.07) is 15.4. The molecule has 1 unspecified atom stereocenters. The van der Waals surface area contributed by atoms with Gasteiger partial charge in [0.1, 0.15) is 17.4 Å². The highest BCUT2D eigenvalue weighted by Gasteiger charge is 2.26. The summed E-state index contributed by atoms with van der Waals surface area (Å²) < 4.78 is 6.23. The maximum absolute atomic E-state index is 13.2. The van der Waals surface area contributed by atoms with Crippen molar-refractivity contribution in [3.05, 3.63) is 76.7 Å². The van der Waals surface area contributed by atoms with Crippen LogP contribution in [-0.2, 0) is 22.4 Å². The van der Waals surface area contributed by atoms with E-state index in [1.165, 1.54) is 11.1 Å². The molecular weight excluding hydrogens is 412 g/mol. The van der Waals surface area contributed by atoms with Crippen molar-refractivity contribution in [3.63, 3.8) is 0 Å². The van der Waals surface area contributed by atoms with Gasteiger partial charge in [-0.15, -0.1) is 0 Å². The Balaban J connectivity index is 1.69. The third kappa shape index (κ3) is 7.85. The molecule has 0 radical (unpaired) electrons. The molecule has 1 saturated carbocycles. The molecule has 0 aromatic heterocycles. The minimum absolute atomic E-state index is 0.0382. The molecule has 1 aliphatic rings. The molecule has 33 heavy (non-hydrogen) atoms. The second-order valence-electron chi connectivity index (χ2n) is 9.90. The Hall–Kier alpha value is -2.95. The van der Waals surface area contributed by atoms with Crippen LogP contribution in [-0.4, -0.2) is 29.2 Å². The van der Waals surface area contributed by atoms with Crippen LogP contribution in [0.1, 0.15) is 63.1 Å². The molecule has 5 heteroatoms. The number of phenols is 1. The number of aromatic hydroxyl groups is 1. The van der Waals surface area contributed by atoms with E-state index in [4.69, 9.17) is 4.74 Å². The molecule has 0 bridgehead atoms. The average molecular weight is 451 g/mol. The molecule has 1 fully saturated rings. The molecule has 0 heterocycles. The number of amides is 1. The van der Waals surface area contributed by atoms with Gasteiger partial charge in [0.05, 0.1) is 0 Å². The van der Waals surface area contributed by atoms with Crippen LogP contribution < -0.4 is 10.6 Å². The first-order chi connectivity index (χ1) is 15.7. The first-order valence-electron chi connectivity index (χ1n) is 12.0. The van der Waals surface area contributed by atoms with E-state index in [1.54, 1.807) is 6.07 Å². The molecule has 3 N–H and O–H groups in total. The Morgan fingerprint density at radius 3 is 2.42 bits per heavy atom. The average Bonchev–Trinajstić information content (AvgIpc) is 2.71. The van der Waals surface area contributed by atoms with Crippen LogP contribution in [0.25, 0.3) is 0 Å². The molecule has 0 spiro atoms. The lowest BCUT2D eigenvalue weighted by Crippen LogP contribution is -2.47. The van der Waals surface area contributed by atoms with Crippen molar-refractivity contribution in [3.8, 4) is 5.75 Å². The summed E-state index contributed by atoms with van der Waals surface area (Å²) in [5.41, 5.74) is 3.97. The number of benzene rings is 2. The van der Waals surface area contributed by atoms with Crippen LogP contribution in [0.3, 0.4) is 0 Å². The van der Waals surface area contributed by atoms with Gasteiger partial charge in [0.2, 0.25) is 5.91 Å². The molecule has 1 aliphatic carbocycles. The van der Waals surface area contributed by atoms with E-state index in [-0.39, 0.29) is 17.3 Å². The number of carbonyl (C=O) groups is 1. The fraction of sp³-hybridized carbons (Fsp3) is 0.464. The predicted octanol–water partition coefficient (Wildman–Crippen LogP) is 5.16. The Morgan fingerprint density at radius 1 is 1.09 bits per heavy atom. The zero-order valence-electron chi connectivity index (χ0n) is 20.4. The molecule has 178 valence electrons. The Labute approximate surface area is 198 Å². The number of aryl methyl sites for hydroxylation is 2. The van der Waals surface area contributed by atoms with Crippen LogP contribution >= 0.6 is 0 Å². The topological polar surface area (TPSA) is 70.6 Å². The summed E-state index contributed by atoms with van der Waals surface area (Å²) in [4.78, 5) is 13.2. The molecule has 0 aliphatic heterocycles. The second kappa shape index (κ2) is 11.3. The lowest BCUT2D eigenvalue weighted by Gasteiger charge is -2.32. The normalized spacial score (nSPS) is 14.2. The van der Waals surface area contributed by atoms with Crippen molar-refractivity contribution in [1.82, 2.24) is 10.6 Å². The van der Waals surface area contributed by atoms with Crippen LogP contribution in [0.2, 0.25) is 0 Å². The second-order valence-corrected chi connectivity index (χ2v) is 9.90. The quantitative estimate of drug-likeness (QED) is 0.345. The van der Waals surface area contributed by atoms with Crippen molar-refractivity contribution in [2.45, 2.75) is 77.9 Å². The summed E-state index contributed by atoms with van der Waals surface area (Å²) >= 11 is 0. The number of hydrogen-bond donors (Lipinski definition) is 3. The van der Waals surface area contributed by atoms with E-state index in [0.717, 1.165) is 49.1 Å². The SMILES string of the molecule is Cc1cc(CC(NC(OC(C)(C)C)=C2CCC2)C(=O)NCCCc2ccccc2)ccc1O. The summed E-state index contributed by atoms with van der Waals surface area (Å²) in [7, 11) is 0. The monoisotopic (exact) mass is 450 g/mol. The minimum atomic E-state index is -0.462. The van der Waals surface area contributed by atoms with Crippen molar-refractivity contribution in [2.24, 2.45) is 0 Å². The molecule has 2 aromatic rings. The summed E-state index contributed by atoms with van der Waals surface area (Å²) in [5, 5.41) is 16.4. The molecule has 0 saturated heterocycles. The number of nitrogens with one attached hydrogen (secondary N) is 2. The number of ether oxygens (including phenoxy) is 1. The maximum Gasteiger partial charge on any atom is 0.242 e. The van der Waals surface area contributed by atoms with Gasteiger partial charge in [-0.25, -0.2) is 0 Å². The molecule has 3 rings (SSSR count). The first kappa shape index (κ1) is 24.7. The van der Waals surface area contributed by atoms with Gasteiger partial charge in [-0.05, 0) is 88.1 Å². The largest absolute Gasteiger partial charge is 0.508 e. The van der Waals surface area contributed by atoms with Gasteiger partial charge in [-0.3, -0.25) is 4.79 Å². The molecule has 1 amide bonds. The van der Waals surface area contributed by atoms with Gasteiger partial charge in [-0.1, -0.05) is 42.5 Å². The third-order valence-corrected chi connectivity index (χ3v) is 5.79. The van der Waals surface area contributed by atoms with E-state index in [0.29, 0.717) is 13.0 Å². The highest BCUT2D eigenvalue weighted by Crippen LogP contribution is 2.30. The number of phenolic OH excluding ortho intramolecular Hbond substituents is 1. The van der Waals surface area contributed by atoms with Crippen molar-refractivity contribution < 1.29 is 14.6 Å². The molecule has 1 atom stereocenters. The fourth-order valence-corrected chi connectivity index (χ4v) is 3.81. The van der Waals surface area contributed by atoms with Gasteiger partial charge in [0, 0.05) is 13.0 Å². The summed E-state index contributed by atoms with van der Waals surface area (Å²) in [6.07, 6.45) is 5.48. The van der Waals surface area contributed by atoms with E-state index in [2.05, 4.69) is 22.8 Å². The van der Waals surface area contributed by atoms with Gasteiger partial charge >= 0.3 is 0 Å². The van der Waals surface area contributed by atoms with Crippen molar-refractivity contribution in [1.29, 1.82) is 0 Å². The third-order valence-electron chi connectivity index (χ3n) is 5.79. The van der Waals surface area contributed by atoms with Crippen LogP contribution in [0.15, 0.2) is 60.0 Å². The lowest BCUT2D eigenvalue weighted by atomic mass is 9.92. The highest BCUT2D eigenvalue weighted by molar-refractivity contribution is 5.82. The van der Waals surface area contributed by atoms with E-state index >= 15 is 0 Å². The molecule has 5 nitrogen and oxygen atoms in total. The van der Waals surface area contributed by atoms with E-state index in [1.807, 2.05) is 58.0 Å². The predicted molar refractivity (Wildman–Crippen MR) is 133 cm³/mol. The zero-order valence-corrected chi connectivity index (χ0v) is 20.4. The van der Waals surface area contributed by atoms with Gasteiger partial charge in [-0.2, -0.15) is 0 Å². The first-order valence-corrected chi connectivity index (χ1v) is 12.0. The molecule has 2 aromatic carbocycles. The standard InChI is InChI=1S/C28H38N2O3/c1-20-18-22(15-16-25(20)31)19-24(30-27(23-13-8-14-23)33-28(2,3)4)26(32)29-17-9-12-21-10-6-5-7-11-21/h5-7,10-11,15-16,18,24,30-31H,8-9,12-14,17,19H2,1-4H3,(H,29,32). The smallest absolute Gasteiger partial charge is 0.242 e. The summed E-state index contributed by atoms with van der Waals surface area (Å²) in [6.45, 7) is 8.56. The van der Waals surface area contributed by atoms with Crippen LogP contribution in [0, 0.1) is 6.92 Å². The molecular formula is C28H38N2O3. The number of hydrogen-bond acceptors (Lipinski definition) is 4. The minimum Gasteiger partial charge on any atom is -0.508 e. The summed E-state index contributed by atoms with van der Waals surface area (Å²) in [5.74, 6) is 0.972. The van der Waals surface area contributed by atoms with Gasteiger partial charge < -0.3 is 20.5 Å². The van der Waals surface area contributed by atoms with Crippen LogP contribution in [0.4, 0.5) is 0 Å². The van der Waals surface area contributed by atoms with Gasteiger partial charge in [0.15, 0.2) is 5.88 Å². The number of allylic oxidation sites excluding steroid dienone is 1. The zero-order chi connectivity index (χ0) is 23.8. The maximum atomic E-state index is 13.2. The lowest BCUT2D eigenvalue weighted by molar-refractivity contribution is -0.123. The van der Waals surface area contributed by atoms with Crippen molar-refractivity contribution >= 4 is 5.91 Å². The van der Waals surface area contributed by atoms with E-state index < -0.39 is 6.04 Å². The van der Waals surface area contributed by atoms with Crippen LogP contribution in [0.5, 0.6) is 5.75 Å². The fourth-order valence-electron chi connectivity index (χ4n) is 3.81.